The van der Waals surface area contributed by atoms with Gasteiger partial charge in [0, 0.05) is 22.3 Å². The van der Waals surface area contributed by atoms with Crippen molar-refractivity contribution in [3.63, 3.8) is 0 Å². The van der Waals surface area contributed by atoms with Gasteiger partial charge in [-0.05, 0) is 37.4 Å². The SMILES string of the molecule is CN(C1CCCCC1)C(CN)c1ccc(C(C)(C)C)s1. The first-order chi connectivity index (χ1) is 9.43. The minimum Gasteiger partial charge on any atom is -0.329 e. The molecule has 20 heavy (non-hydrogen) atoms. The Hall–Kier alpha value is -0.380. The highest BCUT2D eigenvalue weighted by Gasteiger charge is 2.27. The van der Waals surface area contributed by atoms with E-state index >= 15 is 0 Å². The first kappa shape index (κ1) is 16.0. The van der Waals surface area contributed by atoms with Gasteiger partial charge in [0.05, 0.1) is 6.04 Å². The molecule has 0 radical (unpaired) electrons. The third kappa shape index (κ3) is 3.63. The van der Waals surface area contributed by atoms with Gasteiger partial charge in [-0.2, -0.15) is 0 Å². The van der Waals surface area contributed by atoms with Crippen LogP contribution in [0.2, 0.25) is 0 Å². The zero-order valence-corrected chi connectivity index (χ0v) is 14.3. The van der Waals surface area contributed by atoms with Crippen LogP contribution in [0.15, 0.2) is 12.1 Å². The predicted molar refractivity (Wildman–Crippen MR) is 89.5 cm³/mol. The molecular weight excluding hydrogens is 264 g/mol. The molecular formula is C17H30N2S. The van der Waals surface area contributed by atoms with Crippen LogP contribution in [0, 0.1) is 0 Å². The Morgan fingerprint density at radius 3 is 2.40 bits per heavy atom. The van der Waals surface area contributed by atoms with E-state index in [1.54, 1.807) is 0 Å². The lowest BCUT2D eigenvalue weighted by atomic mass is 9.93. The molecule has 1 aliphatic carbocycles. The van der Waals surface area contributed by atoms with Gasteiger partial charge < -0.3 is 5.73 Å². The van der Waals surface area contributed by atoms with E-state index in [0.29, 0.717) is 6.04 Å². The summed E-state index contributed by atoms with van der Waals surface area (Å²) < 4.78 is 0. The number of nitrogens with zero attached hydrogens (tertiary/aromatic N) is 1. The Bertz CT molecular complexity index is 413. The first-order valence-corrected chi connectivity index (χ1v) is 8.77. The quantitative estimate of drug-likeness (QED) is 0.896. The van der Waals surface area contributed by atoms with Crippen molar-refractivity contribution in [2.45, 2.75) is 70.4 Å². The van der Waals surface area contributed by atoms with Gasteiger partial charge in [-0.25, -0.2) is 0 Å². The molecule has 0 aliphatic heterocycles. The van der Waals surface area contributed by atoms with Gasteiger partial charge in [-0.1, -0.05) is 40.0 Å². The molecule has 0 amide bonds. The zero-order valence-electron chi connectivity index (χ0n) is 13.5. The molecule has 1 fully saturated rings. The maximum atomic E-state index is 6.10. The maximum absolute atomic E-state index is 6.10. The molecule has 1 aromatic rings. The molecule has 2 nitrogen and oxygen atoms in total. The average molecular weight is 295 g/mol. The third-order valence-corrected chi connectivity index (χ3v) is 6.17. The van der Waals surface area contributed by atoms with E-state index in [0.717, 1.165) is 12.6 Å². The molecule has 1 aromatic heterocycles. The molecule has 2 N–H and O–H groups in total. The molecule has 114 valence electrons. The highest BCUT2D eigenvalue weighted by atomic mass is 32.1. The smallest absolute Gasteiger partial charge is 0.0564 e. The van der Waals surface area contributed by atoms with Gasteiger partial charge in [-0.3, -0.25) is 4.90 Å². The van der Waals surface area contributed by atoms with E-state index in [9.17, 15) is 0 Å². The fraction of sp³-hybridized carbons (Fsp3) is 0.765. The number of likely N-dealkylation sites (N-methyl/N-ethyl adjacent to an activating group) is 1. The van der Waals surface area contributed by atoms with Gasteiger partial charge in [-0.15, -0.1) is 11.3 Å². The lowest BCUT2D eigenvalue weighted by Crippen LogP contribution is -2.39. The summed E-state index contributed by atoms with van der Waals surface area (Å²) in [6, 6.07) is 5.69. The Balaban J connectivity index is 2.12. The summed E-state index contributed by atoms with van der Waals surface area (Å²) >= 11 is 1.94. The lowest BCUT2D eigenvalue weighted by Gasteiger charge is -2.36. The Kier molecular flexibility index (Phi) is 5.27. The van der Waals surface area contributed by atoms with Crippen molar-refractivity contribution in [1.82, 2.24) is 4.90 Å². The summed E-state index contributed by atoms with van der Waals surface area (Å²) in [4.78, 5) is 5.44. The highest BCUT2D eigenvalue weighted by molar-refractivity contribution is 7.12. The summed E-state index contributed by atoms with van der Waals surface area (Å²) in [5.41, 5.74) is 6.34. The van der Waals surface area contributed by atoms with Crippen LogP contribution in [0.4, 0.5) is 0 Å². The van der Waals surface area contributed by atoms with E-state index in [4.69, 9.17) is 5.73 Å². The summed E-state index contributed by atoms with van der Waals surface area (Å²) in [7, 11) is 2.27. The Morgan fingerprint density at radius 1 is 1.25 bits per heavy atom. The van der Waals surface area contributed by atoms with Crippen molar-refractivity contribution in [1.29, 1.82) is 0 Å². The van der Waals surface area contributed by atoms with Gasteiger partial charge in [0.25, 0.3) is 0 Å². The number of hydrogen-bond acceptors (Lipinski definition) is 3. The van der Waals surface area contributed by atoms with E-state index in [1.807, 2.05) is 11.3 Å². The van der Waals surface area contributed by atoms with Crippen LogP contribution >= 0.6 is 11.3 Å². The standard InChI is InChI=1S/C17H30N2S/c1-17(2,3)16-11-10-15(20-16)14(12-18)19(4)13-8-6-5-7-9-13/h10-11,13-14H,5-9,12,18H2,1-4H3. The lowest BCUT2D eigenvalue weighted by molar-refractivity contribution is 0.142. The van der Waals surface area contributed by atoms with Crippen molar-refractivity contribution < 1.29 is 0 Å². The second kappa shape index (κ2) is 6.59. The summed E-state index contributed by atoms with van der Waals surface area (Å²) in [6.07, 6.45) is 6.84. The number of hydrogen-bond donors (Lipinski definition) is 1. The second-order valence-corrected chi connectivity index (χ2v) is 8.28. The van der Waals surface area contributed by atoms with Gasteiger partial charge in [0.15, 0.2) is 0 Å². The predicted octanol–water partition coefficient (Wildman–Crippen LogP) is 4.31. The number of rotatable bonds is 4. The Labute approximate surface area is 128 Å². The molecule has 0 spiro atoms. The van der Waals surface area contributed by atoms with E-state index in [-0.39, 0.29) is 5.41 Å². The van der Waals surface area contributed by atoms with Crippen LogP contribution in [0.5, 0.6) is 0 Å². The van der Waals surface area contributed by atoms with Crippen molar-refractivity contribution in [2.24, 2.45) is 5.73 Å². The van der Waals surface area contributed by atoms with Crippen LogP contribution in [0.25, 0.3) is 0 Å². The van der Waals surface area contributed by atoms with E-state index < -0.39 is 0 Å². The van der Waals surface area contributed by atoms with E-state index in [2.05, 4.69) is 44.9 Å². The molecule has 1 aliphatic rings. The van der Waals surface area contributed by atoms with Crippen molar-refractivity contribution in [3.8, 4) is 0 Å². The normalized spacial score (nSPS) is 19.5. The van der Waals surface area contributed by atoms with Gasteiger partial charge >= 0.3 is 0 Å². The second-order valence-electron chi connectivity index (χ2n) is 7.16. The van der Waals surface area contributed by atoms with Gasteiger partial charge in [0.1, 0.15) is 0 Å². The monoisotopic (exact) mass is 294 g/mol. The molecule has 2 rings (SSSR count). The van der Waals surface area contributed by atoms with E-state index in [1.165, 1.54) is 41.9 Å². The fourth-order valence-corrected chi connectivity index (χ4v) is 4.39. The van der Waals surface area contributed by atoms with Crippen LogP contribution in [-0.2, 0) is 5.41 Å². The highest BCUT2D eigenvalue weighted by Crippen LogP contribution is 2.35. The number of nitrogens with two attached hydrogens (primary N) is 1. The molecule has 1 unspecified atom stereocenters. The fourth-order valence-electron chi connectivity index (χ4n) is 3.16. The summed E-state index contributed by atoms with van der Waals surface area (Å²) in [5.74, 6) is 0. The summed E-state index contributed by atoms with van der Waals surface area (Å²) in [5, 5.41) is 0. The zero-order chi connectivity index (χ0) is 14.8. The van der Waals surface area contributed by atoms with Crippen LogP contribution in [0.1, 0.15) is 68.7 Å². The largest absolute Gasteiger partial charge is 0.329 e. The Morgan fingerprint density at radius 2 is 1.90 bits per heavy atom. The first-order valence-electron chi connectivity index (χ1n) is 7.95. The molecule has 3 heteroatoms. The molecule has 1 saturated carbocycles. The topological polar surface area (TPSA) is 29.3 Å². The van der Waals surface area contributed by atoms with Crippen molar-refractivity contribution in [2.75, 3.05) is 13.6 Å². The molecule has 0 bridgehead atoms. The minimum atomic E-state index is 0.242. The van der Waals surface area contributed by atoms with Crippen LogP contribution in [-0.4, -0.2) is 24.5 Å². The molecule has 1 heterocycles. The molecule has 0 saturated heterocycles. The average Bonchev–Trinajstić information content (AvgIpc) is 2.90. The third-order valence-electron chi connectivity index (χ3n) is 4.56. The van der Waals surface area contributed by atoms with Crippen LogP contribution < -0.4 is 5.73 Å². The molecule has 1 atom stereocenters. The maximum Gasteiger partial charge on any atom is 0.0564 e. The minimum absolute atomic E-state index is 0.242. The van der Waals surface area contributed by atoms with Gasteiger partial charge in [0.2, 0.25) is 0 Å². The number of thiophene rings is 1. The molecule has 0 aromatic carbocycles. The van der Waals surface area contributed by atoms with Crippen LogP contribution in [0.3, 0.4) is 0 Å². The van der Waals surface area contributed by atoms with Crippen molar-refractivity contribution in [3.05, 3.63) is 21.9 Å². The summed E-state index contributed by atoms with van der Waals surface area (Å²) in [6.45, 7) is 7.57. The van der Waals surface area contributed by atoms with Crippen molar-refractivity contribution >= 4 is 11.3 Å².